The summed E-state index contributed by atoms with van der Waals surface area (Å²) < 4.78 is 41.1. The van der Waals surface area contributed by atoms with E-state index in [1.165, 1.54) is 30.6 Å². The molecule has 0 spiro atoms. The highest BCUT2D eigenvalue weighted by molar-refractivity contribution is 7.87. The van der Waals surface area contributed by atoms with Crippen LogP contribution in [0.3, 0.4) is 0 Å². The van der Waals surface area contributed by atoms with Crippen LogP contribution < -0.4 is 14.2 Å². The molecule has 0 aliphatic heterocycles. The van der Waals surface area contributed by atoms with E-state index < -0.39 is 22.2 Å². The van der Waals surface area contributed by atoms with Crippen molar-refractivity contribution in [2.45, 2.75) is 64.3 Å². The first kappa shape index (κ1) is 31.2. The highest BCUT2D eigenvalue weighted by atomic mass is 32.2. The lowest BCUT2D eigenvalue weighted by Crippen LogP contribution is -2.54. The van der Waals surface area contributed by atoms with Gasteiger partial charge in [-0.1, -0.05) is 32.3 Å². The second kappa shape index (κ2) is 16.0. The van der Waals surface area contributed by atoms with E-state index in [0.717, 1.165) is 30.8 Å². The molecule has 10 heteroatoms. The molecule has 35 heavy (non-hydrogen) atoms. The van der Waals surface area contributed by atoms with Gasteiger partial charge < -0.3 is 19.1 Å². The molecule has 0 aliphatic carbocycles. The number of hydrogen-bond acceptors (Lipinski definition) is 5. The second-order valence-electron chi connectivity index (χ2n) is 9.84. The highest BCUT2D eigenvalue weighted by Crippen LogP contribution is 2.20. The van der Waals surface area contributed by atoms with Crippen molar-refractivity contribution in [3.05, 3.63) is 24.3 Å². The third-order valence-corrected chi connectivity index (χ3v) is 7.12. The van der Waals surface area contributed by atoms with Gasteiger partial charge in [-0.2, -0.15) is 12.7 Å². The number of rotatable bonds is 20. The van der Waals surface area contributed by atoms with Crippen LogP contribution in [0, 0.1) is 0 Å². The van der Waals surface area contributed by atoms with Crippen LogP contribution in [0.2, 0.25) is 0 Å². The predicted octanol–water partition coefficient (Wildman–Crippen LogP) is 3.51. The summed E-state index contributed by atoms with van der Waals surface area (Å²) in [7, 11) is 3.34. The molecule has 0 heterocycles. The monoisotopic (exact) mass is 516 g/mol. The zero-order chi connectivity index (χ0) is 26.3. The van der Waals surface area contributed by atoms with Crippen molar-refractivity contribution in [3.8, 4) is 11.5 Å². The molecule has 1 unspecified atom stereocenters. The molecule has 0 saturated carbocycles. The van der Waals surface area contributed by atoms with Crippen LogP contribution in [-0.4, -0.2) is 88.8 Å². The van der Waals surface area contributed by atoms with Gasteiger partial charge in [-0.25, -0.2) is 4.72 Å². The van der Waals surface area contributed by atoms with Gasteiger partial charge in [0.1, 0.15) is 11.5 Å². The zero-order valence-corrected chi connectivity index (χ0v) is 23.0. The lowest BCUT2D eigenvalue weighted by atomic mass is 10.1. The summed E-state index contributed by atoms with van der Waals surface area (Å²) in [6, 6.07) is 6.99. The summed E-state index contributed by atoms with van der Waals surface area (Å²) in [6.45, 7) is 4.04. The Labute approximate surface area is 212 Å². The summed E-state index contributed by atoms with van der Waals surface area (Å²) >= 11 is 0. The summed E-state index contributed by atoms with van der Waals surface area (Å²) in [4.78, 5) is 11.4. The van der Waals surface area contributed by atoms with Crippen LogP contribution in [0.25, 0.3) is 0 Å². The molecular formula is C25H46N3O6S+. The average Bonchev–Trinajstić information content (AvgIpc) is 2.77. The summed E-state index contributed by atoms with van der Waals surface area (Å²) in [6.07, 6.45) is 6.53. The number of benzene rings is 1. The van der Waals surface area contributed by atoms with Gasteiger partial charge in [-0.15, -0.1) is 0 Å². The van der Waals surface area contributed by atoms with E-state index in [1.807, 2.05) is 45.4 Å². The lowest BCUT2D eigenvalue weighted by molar-refractivity contribution is -0.872. The molecule has 1 rings (SSSR count). The molecule has 0 bridgehead atoms. The van der Waals surface area contributed by atoms with E-state index in [4.69, 9.17) is 9.47 Å². The fraction of sp³-hybridized carbons (Fsp3) is 0.720. The molecule has 0 aromatic heterocycles. The number of hydrogen-bond donors (Lipinski definition) is 2. The van der Waals surface area contributed by atoms with Gasteiger partial charge in [0.2, 0.25) is 0 Å². The number of nitrogens with zero attached hydrogens (tertiary/aromatic N) is 2. The molecule has 0 aliphatic rings. The summed E-state index contributed by atoms with van der Waals surface area (Å²) in [5.74, 6) is 0.536. The molecule has 202 valence electrons. The topological polar surface area (TPSA) is 105 Å². The largest absolute Gasteiger partial charge is 0.493 e. The van der Waals surface area contributed by atoms with Crippen molar-refractivity contribution < 1.29 is 32.3 Å². The second-order valence-corrected chi connectivity index (χ2v) is 11.7. The van der Waals surface area contributed by atoms with Crippen LogP contribution >= 0.6 is 0 Å². The van der Waals surface area contributed by atoms with E-state index in [2.05, 4.69) is 11.6 Å². The number of carboxylic acid groups (broad SMARTS) is 1. The van der Waals surface area contributed by atoms with Crippen molar-refractivity contribution in [2.75, 3.05) is 54.5 Å². The fourth-order valence-corrected chi connectivity index (χ4v) is 4.95. The minimum atomic E-state index is -3.77. The number of aliphatic carboxylic acids is 1. The maximum absolute atomic E-state index is 12.7. The summed E-state index contributed by atoms with van der Waals surface area (Å²) in [5, 5.41) is 9.35. The Hall–Kier alpha value is -1.88. The van der Waals surface area contributed by atoms with E-state index in [-0.39, 0.29) is 13.0 Å². The third-order valence-electron chi connectivity index (χ3n) is 5.51. The van der Waals surface area contributed by atoms with Crippen LogP contribution in [-0.2, 0) is 15.0 Å². The molecule has 1 aromatic rings. The smallest absolute Gasteiger partial charge is 0.305 e. The van der Waals surface area contributed by atoms with Gasteiger partial charge in [0.25, 0.3) is 10.2 Å². The Balaban J connectivity index is 2.54. The lowest BCUT2D eigenvalue weighted by Gasteiger charge is -2.34. The Bertz CT molecular complexity index is 842. The number of likely N-dealkylation sites (N-methyl/N-ethyl adjacent to an activating group) is 1. The number of quaternary nitrogens is 1. The normalized spacial score (nSPS) is 13.1. The Morgan fingerprint density at radius 2 is 1.60 bits per heavy atom. The number of nitrogens with one attached hydrogen (secondary N) is 1. The van der Waals surface area contributed by atoms with Crippen molar-refractivity contribution in [3.63, 3.8) is 0 Å². The highest BCUT2D eigenvalue weighted by Gasteiger charge is 2.34. The maximum atomic E-state index is 12.7. The SMILES string of the molecule is CCCCCCOc1cccc(OCCCCCN(C(CC(=O)O)C[N+](C)(C)C)S(=O)(=O)NC)c1. The van der Waals surface area contributed by atoms with E-state index in [0.29, 0.717) is 30.7 Å². The summed E-state index contributed by atoms with van der Waals surface area (Å²) in [5.41, 5.74) is 0. The van der Waals surface area contributed by atoms with Crippen LogP contribution in [0.4, 0.5) is 0 Å². The van der Waals surface area contributed by atoms with Gasteiger partial charge in [0, 0.05) is 19.7 Å². The molecule has 1 aromatic carbocycles. The van der Waals surface area contributed by atoms with E-state index in [9.17, 15) is 18.3 Å². The molecule has 0 radical (unpaired) electrons. The Morgan fingerprint density at radius 3 is 2.09 bits per heavy atom. The van der Waals surface area contributed by atoms with Crippen LogP contribution in [0.1, 0.15) is 58.3 Å². The standard InChI is InChI=1S/C25H45N3O6S/c1-6-7-8-11-17-33-23-14-13-15-24(20-23)34-18-12-9-10-16-27(35(31,32)26-2)22(19-25(29)30)21-28(3,4)5/h13-15,20,22,26H,6-12,16-19,21H2,1-5H3/p+1. The van der Waals surface area contributed by atoms with Gasteiger partial charge in [0.15, 0.2) is 0 Å². The molecule has 1 atom stereocenters. The first-order valence-corrected chi connectivity index (χ1v) is 14.0. The number of ether oxygens (including phenoxy) is 2. The molecule has 0 amide bonds. The molecular weight excluding hydrogens is 470 g/mol. The molecule has 2 N–H and O–H groups in total. The molecule has 9 nitrogen and oxygen atoms in total. The van der Waals surface area contributed by atoms with E-state index >= 15 is 0 Å². The van der Waals surface area contributed by atoms with Crippen molar-refractivity contribution in [1.82, 2.24) is 9.03 Å². The number of unbranched alkanes of at least 4 members (excludes halogenated alkanes) is 5. The number of carboxylic acids is 1. The minimum Gasteiger partial charge on any atom is -0.493 e. The van der Waals surface area contributed by atoms with Crippen molar-refractivity contribution in [2.24, 2.45) is 0 Å². The predicted molar refractivity (Wildman–Crippen MR) is 139 cm³/mol. The molecule has 0 fully saturated rings. The molecule has 0 saturated heterocycles. The van der Waals surface area contributed by atoms with Gasteiger partial charge in [-0.05, 0) is 37.8 Å². The number of carbonyl (C=O) groups is 1. The van der Waals surface area contributed by atoms with Crippen LogP contribution in [0.15, 0.2) is 24.3 Å². The zero-order valence-electron chi connectivity index (χ0n) is 22.2. The fourth-order valence-electron chi connectivity index (χ4n) is 3.82. The Kier molecular flexibility index (Phi) is 14.2. The van der Waals surface area contributed by atoms with Gasteiger partial charge >= 0.3 is 5.97 Å². The van der Waals surface area contributed by atoms with Gasteiger partial charge in [-0.3, -0.25) is 4.79 Å². The van der Waals surface area contributed by atoms with Gasteiger partial charge in [0.05, 0.1) is 53.4 Å². The van der Waals surface area contributed by atoms with Crippen LogP contribution in [0.5, 0.6) is 11.5 Å². The first-order chi connectivity index (χ1) is 16.5. The van der Waals surface area contributed by atoms with Crippen molar-refractivity contribution in [1.29, 1.82) is 0 Å². The third kappa shape index (κ3) is 13.7. The average molecular weight is 517 g/mol. The van der Waals surface area contributed by atoms with Crippen molar-refractivity contribution >= 4 is 16.2 Å². The maximum Gasteiger partial charge on any atom is 0.305 e. The Morgan fingerprint density at radius 1 is 1.03 bits per heavy atom. The quantitative estimate of drug-likeness (QED) is 0.203. The van der Waals surface area contributed by atoms with E-state index in [1.54, 1.807) is 0 Å². The minimum absolute atomic E-state index is 0.240. The first-order valence-electron chi connectivity index (χ1n) is 12.6.